The van der Waals surface area contributed by atoms with Gasteiger partial charge in [0.05, 0.1) is 12.2 Å². The molecular weight excluding hydrogens is 428 g/mol. The van der Waals surface area contributed by atoms with Gasteiger partial charge in [0, 0.05) is 12.3 Å². The minimum absolute atomic E-state index is 0.0244. The second kappa shape index (κ2) is 7.90. The van der Waals surface area contributed by atoms with Crippen LogP contribution < -0.4 is 11.2 Å². The third-order valence-corrected chi connectivity index (χ3v) is 9.12. The molecule has 0 bridgehead atoms. The zero-order valence-corrected chi connectivity index (χ0v) is 22.6. The smallest absolute Gasteiger partial charge is 0.330 e. The average molecular weight is 471 g/mol. The highest BCUT2D eigenvalue weighted by Crippen LogP contribution is 2.63. The maximum atomic E-state index is 13.1. The van der Waals surface area contributed by atoms with Crippen molar-refractivity contribution in [2.45, 2.75) is 104 Å². The lowest BCUT2D eigenvalue weighted by atomic mass is 9.56. The van der Waals surface area contributed by atoms with Crippen molar-refractivity contribution in [1.82, 2.24) is 9.55 Å². The van der Waals surface area contributed by atoms with Crippen molar-refractivity contribution in [2.75, 3.05) is 6.61 Å². The number of rotatable bonds is 4. The first-order valence-corrected chi connectivity index (χ1v) is 14.1. The normalized spacial score (nSPS) is 32.0. The SMILES string of the molecule is C[SiH](C)[C@@]1(n2ccc(=O)[nH]c2=O)O[C@H](COC(C)(C)C)[C@](O)(C(C)(C)C)[C@]1(O)C(C)(C)C. The van der Waals surface area contributed by atoms with Gasteiger partial charge in [0.15, 0.2) is 5.35 Å². The fourth-order valence-corrected chi connectivity index (χ4v) is 7.94. The zero-order chi connectivity index (χ0) is 25.1. The van der Waals surface area contributed by atoms with Crippen molar-refractivity contribution in [3.8, 4) is 0 Å². The Labute approximate surface area is 192 Å². The number of aliphatic hydroxyl groups is 2. The van der Waals surface area contributed by atoms with Crippen molar-refractivity contribution < 1.29 is 19.7 Å². The molecule has 4 atom stereocenters. The number of nitrogens with one attached hydrogen (secondary N) is 1. The summed E-state index contributed by atoms with van der Waals surface area (Å²) in [5, 5.41) is 23.7. The summed E-state index contributed by atoms with van der Waals surface area (Å²) in [6.07, 6.45) is 0.431. The molecule has 0 aromatic carbocycles. The number of ether oxygens (including phenoxy) is 2. The van der Waals surface area contributed by atoms with E-state index in [4.69, 9.17) is 9.47 Å². The van der Waals surface area contributed by atoms with E-state index in [-0.39, 0.29) is 6.61 Å². The van der Waals surface area contributed by atoms with Crippen LogP contribution in [0.5, 0.6) is 0 Å². The van der Waals surface area contributed by atoms with E-state index in [1.54, 1.807) is 0 Å². The predicted molar refractivity (Wildman–Crippen MR) is 128 cm³/mol. The summed E-state index contributed by atoms with van der Waals surface area (Å²) in [6, 6.07) is 1.24. The predicted octanol–water partition coefficient (Wildman–Crippen LogP) is 1.98. The lowest BCUT2D eigenvalue weighted by Gasteiger charge is -2.58. The minimum atomic E-state index is -2.16. The molecule has 1 saturated heterocycles. The van der Waals surface area contributed by atoms with Gasteiger partial charge in [-0.3, -0.25) is 14.3 Å². The third kappa shape index (κ3) is 3.75. The van der Waals surface area contributed by atoms with E-state index in [0.717, 1.165) is 0 Å². The van der Waals surface area contributed by atoms with Crippen LogP contribution in [0.15, 0.2) is 21.9 Å². The van der Waals surface area contributed by atoms with Crippen molar-refractivity contribution >= 4 is 8.80 Å². The molecule has 8 nitrogen and oxygen atoms in total. The van der Waals surface area contributed by atoms with Crippen LogP contribution in [0.2, 0.25) is 13.1 Å². The molecule has 0 saturated carbocycles. The number of hydrogen-bond acceptors (Lipinski definition) is 6. The van der Waals surface area contributed by atoms with Gasteiger partial charge >= 0.3 is 5.69 Å². The van der Waals surface area contributed by atoms with Gasteiger partial charge in [-0.1, -0.05) is 54.6 Å². The Hall–Kier alpha value is -1.26. The molecule has 1 aromatic heterocycles. The first-order chi connectivity index (χ1) is 14.2. The first kappa shape index (κ1) is 27.0. The highest BCUT2D eigenvalue weighted by Gasteiger charge is 2.81. The monoisotopic (exact) mass is 470 g/mol. The molecule has 0 amide bonds. The summed E-state index contributed by atoms with van der Waals surface area (Å²) in [5.74, 6) is 0. The molecule has 9 heteroatoms. The van der Waals surface area contributed by atoms with Gasteiger partial charge in [0.25, 0.3) is 5.56 Å². The summed E-state index contributed by atoms with van der Waals surface area (Å²) in [4.78, 5) is 27.2. The highest BCUT2D eigenvalue weighted by molar-refractivity contribution is 6.58. The van der Waals surface area contributed by atoms with E-state index in [9.17, 15) is 19.8 Å². The Morgan fingerprint density at radius 2 is 1.59 bits per heavy atom. The maximum Gasteiger partial charge on any atom is 0.330 e. The van der Waals surface area contributed by atoms with Crippen LogP contribution in [-0.4, -0.2) is 58.1 Å². The molecule has 0 spiro atoms. The summed E-state index contributed by atoms with van der Waals surface area (Å²) in [5.41, 5.74) is -7.19. The van der Waals surface area contributed by atoms with Gasteiger partial charge in [0.1, 0.15) is 26.1 Å². The van der Waals surface area contributed by atoms with E-state index in [0.29, 0.717) is 0 Å². The van der Waals surface area contributed by atoms with Gasteiger partial charge in [-0.25, -0.2) is 4.79 Å². The summed E-state index contributed by atoms with van der Waals surface area (Å²) < 4.78 is 14.0. The number of nitrogens with zero attached hydrogens (tertiary/aromatic N) is 1. The highest BCUT2D eigenvalue weighted by atomic mass is 28.3. The fourth-order valence-electron chi connectivity index (χ4n) is 5.25. The Morgan fingerprint density at radius 3 is 1.97 bits per heavy atom. The molecule has 0 radical (unpaired) electrons. The summed E-state index contributed by atoms with van der Waals surface area (Å²) in [6.45, 7) is 20.7. The van der Waals surface area contributed by atoms with E-state index < -0.39 is 59.1 Å². The summed E-state index contributed by atoms with van der Waals surface area (Å²) >= 11 is 0. The zero-order valence-electron chi connectivity index (χ0n) is 21.5. The molecule has 2 heterocycles. The molecule has 1 aliphatic rings. The van der Waals surface area contributed by atoms with Crippen molar-refractivity contribution in [1.29, 1.82) is 0 Å². The molecule has 184 valence electrons. The molecule has 2 rings (SSSR count). The minimum Gasteiger partial charge on any atom is -0.383 e. The van der Waals surface area contributed by atoms with Gasteiger partial charge in [-0.15, -0.1) is 0 Å². The van der Waals surface area contributed by atoms with E-state index in [1.807, 2.05) is 75.4 Å². The molecule has 0 unspecified atom stereocenters. The topological polar surface area (TPSA) is 114 Å². The van der Waals surface area contributed by atoms with Crippen LogP contribution in [0.25, 0.3) is 0 Å². The Bertz CT molecular complexity index is 951. The molecule has 1 aromatic rings. The second-order valence-electron chi connectivity index (χ2n) is 12.3. The molecular formula is C23H42N2O6Si. The van der Waals surface area contributed by atoms with Gasteiger partial charge < -0.3 is 19.7 Å². The van der Waals surface area contributed by atoms with Crippen molar-refractivity contribution in [3.05, 3.63) is 33.1 Å². The fraction of sp³-hybridized carbons (Fsp3) is 0.826. The van der Waals surface area contributed by atoms with Crippen molar-refractivity contribution in [2.24, 2.45) is 10.8 Å². The van der Waals surface area contributed by atoms with Crippen LogP contribution in [0, 0.1) is 10.8 Å². The Kier molecular flexibility index (Phi) is 6.67. The third-order valence-electron chi connectivity index (χ3n) is 6.72. The van der Waals surface area contributed by atoms with Crippen LogP contribution >= 0.6 is 0 Å². The molecule has 1 fully saturated rings. The van der Waals surface area contributed by atoms with Crippen molar-refractivity contribution in [3.63, 3.8) is 0 Å². The number of aromatic nitrogens is 2. The Morgan fingerprint density at radius 1 is 1.06 bits per heavy atom. The van der Waals surface area contributed by atoms with Crippen LogP contribution in [0.1, 0.15) is 62.3 Å². The largest absolute Gasteiger partial charge is 0.383 e. The number of H-pyrrole nitrogens is 1. The standard InChI is InChI=1S/C23H42N2O6Si/c1-18(2,3)21(28)15(14-30-20(7,8)9)31-23(32(10)11,22(21,29)19(4,5)6)25-13-12-16(26)24-17(25)27/h12-13,15,28-29,32H,14H2,1-11H3,(H,24,26,27)/t15-,21+,22-,23+/m1/s1. The van der Waals surface area contributed by atoms with Gasteiger partial charge in [0.2, 0.25) is 0 Å². The maximum absolute atomic E-state index is 13.1. The quantitative estimate of drug-likeness (QED) is 0.580. The lowest BCUT2D eigenvalue weighted by molar-refractivity contribution is -0.258. The van der Waals surface area contributed by atoms with E-state index in [2.05, 4.69) is 4.98 Å². The molecule has 0 aliphatic carbocycles. The van der Waals surface area contributed by atoms with E-state index in [1.165, 1.54) is 16.8 Å². The Balaban J connectivity index is 3.00. The van der Waals surface area contributed by atoms with E-state index >= 15 is 0 Å². The second-order valence-corrected chi connectivity index (χ2v) is 15.4. The molecule has 1 aliphatic heterocycles. The average Bonchev–Trinajstić information content (AvgIpc) is 2.80. The summed E-state index contributed by atoms with van der Waals surface area (Å²) in [7, 11) is -2.16. The molecule has 3 N–H and O–H groups in total. The number of aromatic amines is 1. The molecule has 32 heavy (non-hydrogen) atoms. The number of hydrogen-bond donors (Lipinski definition) is 3. The van der Waals surface area contributed by atoms with Gasteiger partial charge in [-0.2, -0.15) is 0 Å². The lowest BCUT2D eigenvalue weighted by Crippen LogP contribution is -2.77. The van der Waals surface area contributed by atoms with Crippen LogP contribution in [0.3, 0.4) is 0 Å². The van der Waals surface area contributed by atoms with Crippen LogP contribution in [-0.2, 0) is 14.8 Å². The van der Waals surface area contributed by atoms with Gasteiger partial charge in [-0.05, 0) is 31.6 Å². The van der Waals surface area contributed by atoms with Crippen LogP contribution in [0.4, 0.5) is 0 Å². The first-order valence-electron chi connectivity index (χ1n) is 11.3.